The Kier molecular flexibility index (Phi) is 5.39. The summed E-state index contributed by atoms with van der Waals surface area (Å²) in [5, 5.41) is 0.760. The predicted molar refractivity (Wildman–Crippen MR) is 111 cm³/mol. The van der Waals surface area contributed by atoms with Crippen LogP contribution in [-0.4, -0.2) is 67.0 Å². The molecule has 2 aromatic heterocycles. The molecule has 5 nitrogen and oxygen atoms in total. The highest BCUT2D eigenvalue weighted by Crippen LogP contribution is 2.43. The standard InChI is InChI=1S/C21H27F3N4OS/c22-21(23,24)10-16-9-17-18(25-14-26-19(17)30-16)28-6-4-20(13-28)3-5-27(12-20)11-15-1-7-29-8-2-15/h9,14-15H,1-8,10-13H2/t20-/m1/s1. The van der Waals surface area contributed by atoms with Crippen LogP contribution < -0.4 is 4.90 Å². The van der Waals surface area contributed by atoms with Gasteiger partial charge in [-0.3, -0.25) is 0 Å². The Hall–Kier alpha value is -1.45. The number of anilines is 1. The van der Waals surface area contributed by atoms with E-state index in [0.29, 0.717) is 9.71 Å². The Balaban J connectivity index is 1.28. The first kappa shape index (κ1) is 20.5. The second-order valence-corrected chi connectivity index (χ2v) is 10.2. The van der Waals surface area contributed by atoms with Crippen molar-refractivity contribution in [3.63, 3.8) is 0 Å². The number of nitrogens with zero attached hydrogens (tertiary/aromatic N) is 4. The van der Waals surface area contributed by atoms with E-state index in [2.05, 4.69) is 19.8 Å². The molecule has 5 rings (SSSR count). The highest BCUT2D eigenvalue weighted by atomic mass is 32.1. The molecule has 1 atom stereocenters. The van der Waals surface area contributed by atoms with Crippen molar-refractivity contribution in [1.29, 1.82) is 0 Å². The molecule has 0 aliphatic carbocycles. The minimum Gasteiger partial charge on any atom is -0.381 e. The number of halogens is 3. The third-order valence-corrected chi connectivity index (χ3v) is 7.89. The molecule has 0 saturated carbocycles. The Labute approximate surface area is 178 Å². The summed E-state index contributed by atoms with van der Waals surface area (Å²) in [4.78, 5) is 14.5. The number of fused-ring (bicyclic) bond motifs is 1. The zero-order valence-electron chi connectivity index (χ0n) is 17.0. The maximum absolute atomic E-state index is 12.8. The molecule has 2 aromatic rings. The Bertz CT molecular complexity index is 898. The lowest BCUT2D eigenvalue weighted by atomic mass is 9.86. The van der Waals surface area contributed by atoms with Gasteiger partial charge in [0, 0.05) is 49.7 Å². The number of thiophene rings is 1. The van der Waals surface area contributed by atoms with Gasteiger partial charge in [-0.25, -0.2) is 9.97 Å². The summed E-state index contributed by atoms with van der Waals surface area (Å²) in [6.07, 6.45) is 0.997. The monoisotopic (exact) mass is 440 g/mol. The van der Waals surface area contributed by atoms with E-state index in [4.69, 9.17) is 4.74 Å². The lowest BCUT2D eigenvalue weighted by Gasteiger charge is -2.29. The van der Waals surface area contributed by atoms with Gasteiger partial charge in [-0.2, -0.15) is 13.2 Å². The van der Waals surface area contributed by atoms with Gasteiger partial charge in [0.15, 0.2) is 0 Å². The average molecular weight is 441 g/mol. The van der Waals surface area contributed by atoms with E-state index in [0.717, 1.165) is 93.7 Å². The van der Waals surface area contributed by atoms with Crippen molar-refractivity contribution in [2.24, 2.45) is 11.3 Å². The summed E-state index contributed by atoms with van der Waals surface area (Å²) < 4.78 is 44.0. The van der Waals surface area contributed by atoms with Crippen LogP contribution in [0, 0.1) is 11.3 Å². The molecule has 0 unspecified atom stereocenters. The molecular formula is C21H27F3N4OS. The van der Waals surface area contributed by atoms with Crippen LogP contribution in [0.15, 0.2) is 12.4 Å². The van der Waals surface area contributed by atoms with Crippen molar-refractivity contribution >= 4 is 27.4 Å². The molecule has 0 bridgehead atoms. The fraction of sp³-hybridized carbons (Fsp3) is 0.714. The summed E-state index contributed by atoms with van der Waals surface area (Å²) in [5.41, 5.74) is 0.271. The maximum Gasteiger partial charge on any atom is 0.393 e. The number of rotatable bonds is 4. The van der Waals surface area contributed by atoms with Gasteiger partial charge < -0.3 is 14.5 Å². The molecule has 30 heavy (non-hydrogen) atoms. The lowest BCUT2D eigenvalue weighted by Crippen LogP contribution is -2.34. The van der Waals surface area contributed by atoms with Gasteiger partial charge in [-0.15, -0.1) is 11.3 Å². The average Bonchev–Trinajstić information content (AvgIpc) is 3.40. The number of ether oxygens (including phenoxy) is 1. The van der Waals surface area contributed by atoms with Gasteiger partial charge in [-0.05, 0) is 44.2 Å². The van der Waals surface area contributed by atoms with E-state index in [-0.39, 0.29) is 5.41 Å². The van der Waals surface area contributed by atoms with Crippen LogP contribution in [0.4, 0.5) is 19.0 Å². The van der Waals surface area contributed by atoms with Crippen LogP contribution in [-0.2, 0) is 11.2 Å². The van der Waals surface area contributed by atoms with Crippen molar-refractivity contribution in [2.45, 2.75) is 38.3 Å². The smallest absolute Gasteiger partial charge is 0.381 e. The predicted octanol–water partition coefficient (Wildman–Crippen LogP) is 4.12. The van der Waals surface area contributed by atoms with Crippen LogP contribution in [0.3, 0.4) is 0 Å². The van der Waals surface area contributed by atoms with Crippen molar-refractivity contribution < 1.29 is 17.9 Å². The molecule has 164 valence electrons. The SMILES string of the molecule is FC(F)(F)Cc1cc2c(N3CC[C@@]4(CCN(CC5CCOCC5)C4)C3)ncnc2s1. The molecule has 3 aliphatic rings. The van der Waals surface area contributed by atoms with Gasteiger partial charge in [-0.1, -0.05) is 0 Å². The first-order chi connectivity index (χ1) is 14.4. The van der Waals surface area contributed by atoms with E-state index in [1.807, 2.05) is 0 Å². The number of aromatic nitrogens is 2. The fourth-order valence-electron chi connectivity index (χ4n) is 5.36. The van der Waals surface area contributed by atoms with E-state index in [9.17, 15) is 13.2 Å². The van der Waals surface area contributed by atoms with Gasteiger partial charge in [0.05, 0.1) is 11.8 Å². The second-order valence-electron chi connectivity index (χ2n) is 9.13. The van der Waals surface area contributed by atoms with Crippen molar-refractivity contribution in [2.75, 3.05) is 50.8 Å². The molecule has 5 heterocycles. The molecule has 1 spiro atoms. The fourth-order valence-corrected chi connectivity index (χ4v) is 6.38. The molecule has 3 aliphatic heterocycles. The molecular weight excluding hydrogens is 413 g/mol. The minimum atomic E-state index is -4.20. The van der Waals surface area contributed by atoms with Gasteiger partial charge in [0.2, 0.25) is 0 Å². The molecule has 0 aromatic carbocycles. The molecule has 3 fully saturated rings. The van der Waals surface area contributed by atoms with Gasteiger partial charge in [0.1, 0.15) is 17.0 Å². The molecule has 9 heteroatoms. The van der Waals surface area contributed by atoms with Gasteiger partial charge >= 0.3 is 6.18 Å². The summed E-state index contributed by atoms with van der Waals surface area (Å²) >= 11 is 1.12. The van der Waals surface area contributed by atoms with E-state index < -0.39 is 12.6 Å². The summed E-state index contributed by atoms with van der Waals surface area (Å²) in [7, 11) is 0. The molecule has 0 amide bonds. The number of likely N-dealkylation sites (tertiary alicyclic amines) is 1. The molecule has 3 saturated heterocycles. The van der Waals surface area contributed by atoms with Crippen LogP contribution in [0.2, 0.25) is 0 Å². The van der Waals surface area contributed by atoms with E-state index in [1.54, 1.807) is 6.07 Å². The van der Waals surface area contributed by atoms with Crippen molar-refractivity contribution in [3.8, 4) is 0 Å². The van der Waals surface area contributed by atoms with Crippen LogP contribution >= 0.6 is 11.3 Å². The van der Waals surface area contributed by atoms with Crippen molar-refractivity contribution in [1.82, 2.24) is 14.9 Å². The second kappa shape index (κ2) is 7.91. The minimum absolute atomic E-state index is 0.271. The molecule has 0 radical (unpaired) electrons. The Morgan fingerprint density at radius 1 is 1.13 bits per heavy atom. The first-order valence-electron chi connectivity index (χ1n) is 10.7. The third-order valence-electron chi connectivity index (χ3n) is 6.85. The maximum atomic E-state index is 12.8. The Morgan fingerprint density at radius 3 is 2.73 bits per heavy atom. The zero-order valence-corrected chi connectivity index (χ0v) is 17.8. The highest BCUT2D eigenvalue weighted by molar-refractivity contribution is 7.18. The third kappa shape index (κ3) is 4.29. The van der Waals surface area contributed by atoms with E-state index in [1.165, 1.54) is 12.7 Å². The topological polar surface area (TPSA) is 41.5 Å². The largest absolute Gasteiger partial charge is 0.393 e. The van der Waals surface area contributed by atoms with Crippen LogP contribution in [0.1, 0.15) is 30.6 Å². The van der Waals surface area contributed by atoms with Crippen molar-refractivity contribution in [3.05, 3.63) is 17.3 Å². The first-order valence-corrected chi connectivity index (χ1v) is 11.6. The summed E-state index contributed by atoms with van der Waals surface area (Å²) in [6.45, 7) is 7.01. The number of hydrogen-bond donors (Lipinski definition) is 0. The Morgan fingerprint density at radius 2 is 1.93 bits per heavy atom. The quantitative estimate of drug-likeness (QED) is 0.715. The van der Waals surface area contributed by atoms with Crippen LogP contribution in [0.5, 0.6) is 0 Å². The summed E-state index contributed by atoms with van der Waals surface area (Å²) in [5.74, 6) is 1.54. The zero-order chi connectivity index (χ0) is 20.8. The molecule has 0 N–H and O–H groups in total. The number of hydrogen-bond acceptors (Lipinski definition) is 6. The van der Waals surface area contributed by atoms with E-state index >= 15 is 0 Å². The number of alkyl halides is 3. The lowest BCUT2D eigenvalue weighted by molar-refractivity contribution is -0.126. The van der Waals surface area contributed by atoms with Gasteiger partial charge in [0.25, 0.3) is 0 Å². The van der Waals surface area contributed by atoms with Crippen LogP contribution in [0.25, 0.3) is 10.2 Å². The normalized spacial score (nSPS) is 26.4. The summed E-state index contributed by atoms with van der Waals surface area (Å²) in [6, 6.07) is 1.64. The highest BCUT2D eigenvalue weighted by Gasteiger charge is 2.44.